The average Bonchev–Trinajstić information content (AvgIpc) is 3.34. The first kappa shape index (κ1) is 24.9. The van der Waals surface area contributed by atoms with Gasteiger partial charge in [-0.3, -0.25) is 4.79 Å². The number of H-pyrrole nitrogens is 1. The molecular formula is C26H24F3N5O2. The zero-order valence-corrected chi connectivity index (χ0v) is 19.5. The Hall–Kier alpha value is -4.18. The highest BCUT2D eigenvalue weighted by Crippen LogP contribution is 2.31. The molecule has 2 unspecified atom stereocenters. The molecule has 36 heavy (non-hydrogen) atoms. The van der Waals surface area contributed by atoms with Crippen molar-refractivity contribution < 1.29 is 23.1 Å². The molecule has 10 heteroatoms. The minimum absolute atomic E-state index is 0.111. The molecule has 2 aromatic heterocycles. The molecule has 0 saturated carbocycles. The lowest BCUT2D eigenvalue weighted by Crippen LogP contribution is -2.35. The molecule has 0 saturated heterocycles. The van der Waals surface area contributed by atoms with E-state index in [1.54, 1.807) is 32.3 Å². The number of rotatable bonds is 7. The van der Waals surface area contributed by atoms with E-state index >= 15 is 0 Å². The predicted octanol–water partition coefficient (Wildman–Crippen LogP) is 5.39. The van der Waals surface area contributed by atoms with Crippen molar-refractivity contribution in [1.82, 2.24) is 20.3 Å². The number of hydrogen-bond donors (Lipinski definition) is 4. The second kappa shape index (κ2) is 10.2. The van der Waals surface area contributed by atoms with Crippen LogP contribution < -0.4 is 10.6 Å². The number of nitrogens with zero attached hydrogens (tertiary/aromatic N) is 2. The lowest BCUT2D eigenvalue weighted by Gasteiger charge is -2.21. The SMILES string of the molecule is Cc1cnc(Nc2cccc(C(F)(F)F)c2)nc1-c1c[nH]c(C(=O)NC(c2ccccc2)C(C)O)c1. The Kier molecular flexibility index (Phi) is 7.07. The van der Waals surface area contributed by atoms with E-state index in [0.717, 1.165) is 17.7 Å². The normalized spacial score (nSPS) is 13.2. The minimum atomic E-state index is -4.47. The standard InChI is InChI=1S/C26H24F3N5O2/c1-15-13-31-25(32-20-10-6-9-19(12-20)26(27,28)29)34-22(15)18-11-21(30-14-18)24(36)33-23(16(2)35)17-7-4-3-5-8-17/h3-14,16,23,30,35H,1-2H3,(H,33,36)(H,31,32,34). The minimum Gasteiger partial charge on any atom is -0.391 e. The Morgan fingerprint density at radius 3 is 2.53 bits per heavy atom. The summed E-state index contributed by atoms with van der Waals surface area (Å²) in [7, 11) is 0. The maximum Gasteiger partial charge on any atom is 0.416 e. The number of benzene rings is 2. The summed E-state index contributed by atoms with van der Waals surface area (Å²) < 4.78 is 39.1. The van der Waals surface area contributed by atoms with Crippen LogP contribution in [0.2, 0.25) is 0 Å². The van der Waals surface area contributed by atoms with Crippen LogP contribution in [-0.2, 0) is 6.18 Å². The summed E-state index contributed by atoms with van der Waals surface area (Å²) in [6, 6.07) is 14.9. The zero-order chi connectivity index (χ0) is 25.9. The van der Waals surface area contributed by atoms with Crippen LogP contribution in [0, 0.1) is 6.92 Å². The second-order valence-electron chi connectivity index (χ2n) is 8.33. The van der Waals surface area contributed by atoms with Gasteiger partial charge in [-0.15, -0.1) is 0 Å². The van der Waals surface area contributed by atoms with Gasteiger partial charge in [0.2, 0.25) is 5.95 Å². The monoisotopic (exact) mass is 495 g/mol. The van der Waals surface area contributed by atoms with Gasteiger partial charge in [0.05, 0.1) is 23.4 Å². The number of aromatic nitrogens is 3. The van der Waals surface area contributed by atoms with Gasteiger partial charge in [-0.25, -0.2) is 9.97 Å². The molecule has 4 N–H and O–H groups in total. The van der Waals surface area contributed by atoms with Crippen LogP contribution in [0.15, 0.2) is 73.1 Å². The van der Waals surface area contributed by atoms with E-state index in [2.05, 4.69) is 25.6 Å². The van der Waals surface area contributed by atoms with Crippen LogP contribution in [-0.4, -0.2) is 32.1 Å². The molecule has 0 bridgehead atoms. The van der Waals surface area contributed by atoms with Gasteiger partial charge in [0, 0.05) is 23.6 Å². The molecule has 4 rings (SSSR count). The van der Waals surface area contributed by atoms with Crippen molar-refractivity contribution in [2.45, 2.75) is 32.2 Å². The summed E-state index contributed by atoms with van der Waals surface area (Å²) in [6.45, 7) is 3.39. The largest absolute Gasteiger partial charge is 0.416 e. The first-order valence-corrected chi connectivity index (χ1v) is 11.1. The highest BCUT2D eigenvalue weighted by Gasteiger charge is 2.30. The van der Waals surface area contributed by atoms with E-state index in [0.29, 0.717) is 16.8 Å². The predicted molar refractivity (Wildman–Crippen MR) is 130 cm³/mol. The van der Waals surface area contributed by atoms with Crippen LogP contribution in [0.25, 0.3) is 11.3 Å². The Bertz CT molecular complexity index is 1350. The van der Waals surface area contributed by atoms with Gasteiger partial charge in [-0.2, -0.15) is 13.2 Å². The lowest BCUT2D eigenvalue weighted by atomic mass is 10.0. The maximum atomic E-state index is 13.0. The van der Waals surface area contributed by atoms with Gasteiger partial charge in [0.15, 0.2) is 0 Å². The molecule has 0 aliphatic carbocycles. The number of aliphatic hydroxyl groups excluding tert-OH is 1. The van der Waals surface area contributed by atoms with Crippen LogP contribution in [0.5, 0.6) is 0 Å². The van der Waals surface area contributed by atoms with Gasteiger partial charge in [0.1, 0.15) is 5.69 Å². The van der Waals surface area contributed by atoms with Gasteiger partial charge in [-0.05, 0) is 49.2 Å². The Morgan fingerprint density at radius 1 is 1.08 bits per heavy atom. The topological polar surface area (TPSA) is 103 Å². The zero-order valence-electron chi connectivity index (χ0n) is 19.5. The van der Waals surface area contributed by atoms with E-state index in [1.165, 1.54) is 12.1 Å². The fourth-order valence-electron chi connectivity index (χ4n) is 3.72. The van der Waals surface area contributed by atoms with Crippen LogP contribution in [0.3, 0.4) is 0 Å². The molecule has 0 fully saturated rings. The maximum absolute atomic E-state index is 13.0. The number of nitrogens with one attached hydrogen (secondary N) is 3. The number of aliphatic hydroxyl groups is 1. The van der Waals surface area contributed by atoms with Crippen molar-refractivity contribution in [3.8, 4) is 11.3 Å². The number of carbonyl (C=O) groups excluding carboxylic acids is 1. The molecule has 4 aromatic rings. The number of carbonyl (C=O) groups is 1. The van der Waals surface area contributed by atoms with Crippen LogP contribution >= 0.6 is 0 Å². The first-order chi connectivity index (χ1) is 17.1. The van der Waals surface area contributed by atoms with Gasteiger partial charge < -0.3 is 20.7 Å². The molecular weight excluding hydrogens is 471 g/mol. The summed E-state index contributed by atoms with van der Waals surface area (Å²) in [5, 5.41) is 15.8. The van der Waals surface area contributed by atoms with Crippen molar-refractivity contribution in [2.75, 3.05) is 5.32 Å². The van der Waals surface area contributed by atoms with Gasteiger partial charge in [0.25, 0.3) is 5.91 Å². The highest BCUT2D eigenvalue weighted by atomic mass is 19.4. The Morgan fingerprint density at radius 2 is 1.83 bits per heavy atom. The number of anilines is 2. The van der Waals surface area contributed by atoms with E-state index in [9.17, 15) is 23.1 Å². The molecule has 0 aliphatic heterocycles. The quantitative estimate of drug-likeness (QED) is 0.275. The molecule has 2 heterocycles. The van der Waals surface area contributed by atoms with Crippen molar-refractivity contribution in [3.05, 3.63) is 95.4 Å². The molecule has 1 amide bonds. The van der Waals surface area contributed by atoms with Crippen LogP contribution in [0.4, 0.5) is 24.8 Å². The first-order valence-electron chi connectivity index (χ1n) is 11.1. The lowest BCUT2D eigenvalue weighted by molar-refractivity contribution is -0.137. The molecule has 2 aromatic carbocycles. The van der Waals surface area contributed by atoms with Crippen molar-refractivity contribution in [3.63, 3.8) is 0 Å². The number of amides is 1. The molecule has 2 atom stereocenters. The van der Waals surface area contributed by atoms with Crippen LogP contribution in [0.1, 0.15) is 40.1 Å². The third-order valence-electron chi connectivity index (χ3n) is 5.55. The summed E-state index contributed by atoms with van der Waals surface area (Å²) in [5.74, 6) is -0.301. The van der Waals surface area contributed by atoms with E-state index in [-0.39, 0.29) is 17.3 Å². The summed E-state index contributed by atoms with van der Waals surface area (Å²) >= 11 is 0. The third-order valence-corrected chi connectivity index (χ3v) is 5.55. The van der Waals surface area contributed by atoms with E-state index < -0.39 is 29.8 Å². The number of halogens is 3. The molecule has 0 spiro atoms. The van der Waals surface area contributed by atoms with Gasteiger partial charge >= 0.3 is 6.18 Å². The Balaban J connectivity index is 1.54. The number of aryl methyl sites for hydroxylation is 1. The third kappa shape index (κ3) is 5.72. The van der Waals surface area contributed by atoms with Crippen molar-refractivity contribution in [1.29, 1.82) is 0 Å². The summed E-state index contributed by atoms with van der Waals surface area (Å²) in [5.41, 5.74) is 2.25. The van der Waals surface area contributed by atoms with E-state index in [1.807, 2.05) is 30.3 Å². The van der Waals surface area contributed by atoms with Crippen molar-refractivity contribution >= 4 is 17.5 Å². The molecule has 7 nitrogen and oxygen atoms in total. The molecule has 0 aliphatic rings. The fourth-order valence-corrected chi connectivity index (χ4v) is 3.72. The number of hydrogen-bond acceptors (Lipinski definition) is 5. The molecule has 186 valence electrons. The summed E-state index contributed by atoms with van der Waals surface area (Å²) in [6.07, 6.45) is -2.13. The number of alkyl halides is 3. The fraction of sp³-hybridized carbons (Fsp3) is 0.192. The second-order valence-corrected chi connectivity index (χ2v) is 8.33. The summed E-state index contributed by atoms with van der Waals surface area (Å²) in [4.78, 5) is 24.4. The average molecular weight is 496 g/mol. The number of aromatic amines is 1. The van der Waals surface area contributed by atoms with E-state index in [4.69, 9.17) is 0 Å². The molecule has 0 radical (unpaired) electrons. The van der Waals surface area contributed by atoms with Crippen molar-refractivity contribution in [2.24, 2.45) is 0 Å². The smallest absolute Gasteiger partial charge is 0.391 e. The van der Waals surface area contributed by atoms with Gasteiger partial charge in [-0.1, -0.05) is 36.4 Å². The highest BCUT2D eigenvalue weighted by molar-refractivity contribution is 5.94. The Labute approximate surface area is 205 Å².